The van der Waals surface area contributed by atoms with E-state index in [1.165, 1.54) is 13.2 Å². The Balaban J connectivity index is 1.84. The smallest absolute Gasteiger partial charge is 0.345 e. The van der Waals surface area contributed by atoms with Crippen LogP contribution in [0.5, 0.6) is 0 Å². The third kappa shape index (κ3) is 5.02. The quantitative estimate of drug-likeness (QED) is 0.294. The predicted molar refractivity (Wildman–Crippen MR) is 100 cm³/mol. The van der Waals surface area contributed by atoms with Crippen LogP contribution in [-0.2, 0) is 44.6 Å². The normalized spacial score (nSPS) is 28.1. The summed E-state index contributed by atoms with van der Waals surface area (Å²) in [6, 6.07) is 9.62. The van der Waals surface area contributed by atoms with Gasteiger partial charge in [-0.15, -0.1) is 0 Å². The molecule has 29 heavy (non-hydrogen) atoms. The molecule has 8 heteroatoms. The summed E-state index contributed by atoms with van der Waals surface area (Å²) in [6.07, 6.45) is -1.21. The molecule has 0 bridgehead atoms. The van der Waals surface area contributed by atoms with Crippen molar-refractivity contribution in [3.63, 3.8) is 0 Å². The number of carbonyl (C=O) groups excluding carboxylic acids is 2. The lowest BCUT2D eigenvalue weighted by atomic mass is 10.1. The van der Waals surface area contributed by atoms with E-state index in [2.05, 4.69) is 0 Å². The van der Waals surface area contributed by atoms with Gasteiger partial charge in [-0.2, -0.15) is 0 Å². The summed E-state index contributed by atoms with van der Waals surface area (Å²) in [5.41, 5.74) is 0.710. The first-order valence-electron chi connectivity index (χ1n) is 9.48. The van der Waals surface area contributed by atoms with E-state index < -0.39 is 42.3 Å². The van der Waals surface area contributed by atoms with Gasteiger partial charge in [-0.05, 0) is 32.4 Å². The van der Waals surface area contributed by atoms with E-state index in [1.54, 1.807) is 20.8 Å². The lowest BCUT2D eigenvalue weighted by Gasteiger charge is -2.25. The van der Waals surface area contributed by atoms with Crippen LogP contribution in [0.15, 0.2) is 42.0 Å². The minimum absolute atomic E-state index is 0.123. The van der Waals surface area contributed by atoms with Crippen molar-refractivity contribution in [2.24, 2.45) is 0 Å². The number of hydrogen-bond acceptors (Lipinski definition) is 8. The van der Waals surface area contributed by atoms with Crippen LogP contribution in [0.3, 0.4) is 0 Å². The first-order chi connectivity index (χ1) is 13.8. The van der Waals surface area contributed by atoms with E-state index in [0.717, 1.165) is 5.56 Å². The molecule has 0 spiro atoms. The van der Waals surface area contributed by atoms with Crippen LogP contribution in [0.2, 0.25) is 0 Å². The van der Waals surface area contributed by atoms with Crippen molar-refractivity contribution in [1.82, 2.24) is 0 Å². The molecule has 2 fully saturated rings. The van der Waals surface area contributed by atoms with Gasteiger partial charge in [0.15, 0.2) is 12.1 Å². The maximum absolute atomic E-state index is 12.2. The molecule has 0 unspecified atom stereocenters. The number of fused-ring (bicyclic) bond motifs is 1. The summed E-state index contributed by atoms with van der Waals surface area (Å²) >= 11 is 0. The second-order valence-corrected chi connectivity index (χ2v) is 7.12. The molecule has 2 aliphatic heterocycles. The molecule has 2 saturated heterocycles. The summed E-state index contributed by atoms with van der Waals surface area (Å²) in [7, 11) is 1.19. The molecule has 2 heterocycles. The number of carbonyl (C=O) groups is 2. The highest BCUT2D eigenvalue weighted by molar-refractivity contribution is 6.14. The van der Waals surface area contributed by atoms with Gasteiger partial charge in [-0.25, -0.2) is 9.59 Å². The van der Waals surface area contributed by atoms with Crippen molar-refractivity contribution in [1.29, 1.82) is 0 Å². The Kier molecular flexibility index (Phi) is 6.69. The van der Waals surface area contributed by atoms with E-state index in [1.807, 2.05) is 30.3 Å². The largest absolute Gasteiger partial charge is 0.465 e. The van der Waals surface area contributed by atoms with Gasteiger partial charge in [-0.1, -0.05) is 30.3 Å². The number of methoxy groups -OCH3 is 1. The third-order valence-electron chi connectivity index (χ3n) is 4.54. The van der Waals surface area contributed by atoms with E-state index in [0.29, 0.717) is 6.61 Å². The third-order valence-corrected chi connectivity index (χ3v) is 4.54. The molecule has 4 atom stereocenters. The van der Waals surface area contributed by atoms with Gasteiger partial charge in [0, 0.05) is 0 Å². The Bertz CT molecular complexity index is 757. The molecule has 0 amide bonds. The first-order valence-corrected chi connectivity index (χ1v) is 9.48. The van der Waals surface area contributed by atoms with Gasteiger partial charge in [0.05, 0.1) is 20.3 Å². The molecule has 1 aromatic carbocycles. The maximum Gasteiger partial charge on any atom is 0.345 e. The molecule has 0 aliphatic carbocycles. The summed E-state index contributed by atoms with van der Waals surface area (Å²) in [6.45, 7) is 5.65. The summed E-state index contributed by atoms with van der Waals surface area (Å²) in [5, 5.41) is 0. The second kappa shape index (κ2) is 9.04. The van der Waals surface area contributed by atoms with Crippen molar-refractivity contribution >= 4 is 11.9 Å². The number of hydrogen-bond donors (Lipinski definition) is 0. The van der Waals surface area contributed by atoms with E-state index in [-0.39, 0.29) is 12.2 Å². The average Bonchev–Trinajstić information content (AvgIpc) is 3.15. The SMILES string of the molecule is CCOC(=O)/C(=C\[C@H]1O[C@@H]2OC(C)(C)O[C@@H]2[C@H]1OCc1ccccc1)C(=O)OC. The van der Waals surface area contributed by atoms with Crippen LogP contribution in [0.1, 0.15) is 26.3 Å². The highest BCUT2D eigenvalue weighted by Crippen LogP contribution is 2.39. The summed E-state index contributed by atoms with van der Waals surface area (Å²) in [4.78, 5) is 24.3. The fraction of sp³-hybridized carbons (Fsp3) is 0.524. The number of ether oxygens (including phenoxy) is 6. The first kappa shape index (κ1) is 21.4. The van der Waals surface area contributed by atoms with Crippen LogP contribution in [0.4, 0.5) is 0 Å². The van der Waals surface area contributed by atoms with Gasteiger partial charge < -0.3 is 28.4 Å². The molecule has 3 rings (SSSR count). The Hall–Kier alpha value is -2.26. The van der Waals surface area contributed by atoms with E-state index in [9.17, 15) is 9.59 Å². The minimum Gasteiger partial charge on any atom is -0.465 e. The molecular formula is C21H26O8. The highest BCUT2D eigenvalue weighted by atomic mass is 16.8. The fourth-order valence-electron chi connectivity index (χ4n) is 3.30. The fourth-order valence-corrected chi connectivity index (χ4v) is 3.30. The van der Waals surface area contributed by atoms with Crippen molar-refractivity contribution < 1.29 is 38.0 Å². The average molecular weight is 406 g/mol. The van der Waals surface area contributed by atoms with Crippen LogP contribution < -0.4 is 0 Å². The zero-order valence-electron chi connectivity index (χ0n) is 17.0. The molecule has 1 aromatic rings. The van der Waals surface area contributed by atoms with Crippen LogP contribution in [0, 0.1) is 0 Å². The summed E-state index contributed by atoms with van der Waals surface area (Å²) < 4.78 is 33.4. The van der Waals surface area contributed by atoms with Gasteiger partial charge in [0.25, 0.3) is 0 Å². The molecule has 0 radical (unpaired) electrons. The topological polar surface area (TPSA) is 89.5 Å². The molecular weight excluding hydrogens is 380 g/mol. The number of benzene rings is 1. The van der Waals surface area contributed by atoms with Gasteiger partial charge in [0.1, 0.15) is 23.9 Å². The van der Waals surface area contributed by atoms with Crippen LogP contribution >= 0.6 is 0 Å². The molecule has 8 nitrogen and oxygen atoms in total. The van der Waals surface area contributed by atoms with E-state index in [4.69, 9.17) is 28.4 Å². The Morgan fingerprint density at radius 1 is 1.14 bits per heavy atom. The van der Waals surface area contributed by atoms with Crippen molar-refractivity contribution in [3.05, 3.63) is 47.5 Å². The predicted octanol–water partition coefficient (Wildman–Crippen LogP) is 2.11. The lowest BCUT2D eigenvalue weighted by Crippen LogP contribution is -2.36. The zero-order chi connectivity index (χ0) is 21.0. The van der Waals surface area contributed by atoms with Crippen LogP contribution in [0.25, 0.3) is 0 Å². The molecule has 0 aromatic heterocycles. The van der Waals surface area contributed by atoms with Gasteiger partial charge >= 0.3 is 11.9 Å². The zero-order valence-corrected chi connectivity index (χ0v) is 17.0. The highest BCUT2D eigenvalue weighted by Gasteiger charge is 2.55. The Morgan fingerprint density at radius 3 is 2.52 bits per heavy atom. The standard InChI is InChI=1S/C21H26O8/c1-5-25-19(23)14(18(22)24-4)11-15-16(26-12-13-9-7-6-8-10-13)17-20(27-15)29-21(2,3)28-17/h6-11,15-17,20H,5,12H2,1-4H3/b14-11-/t15-,16+,17-,20-/m1/s1. The monoisotopic (exact) mass is 406 g/mol. The van der Waals surface area contributed by atoms with Gasteiger partial charge in [0.2, 0.25) is 0 Å². The maximum atomic E-state index is 12.2. The second-order valence-electron chi connectivity index (χ2n) is 7.12. The van der Waals surface area contributed by atoms with Crippen LogP contribution in [-0.4, -0.2) is 56.0 Å². The molecule has 0 saturated carbocycles. The molecule has 158 valence electrons. The summed E-state index contributed by atoms with van der Waals surface area (Å²) in [5.74, 6) is -2.43. The minimum atomic E-state index is -0.829. The molecule has 0 N–H and O–H groups in total. The van der Waals surface area contributed by atoms with Gasteiger partial charge in [-0.3, -0.25) is 0 Å². The number of rotatable bonds is 7. The molecule has 2 aliphatic rings. The van der Waals surface area contributed by atoms with Crippen molar-refractivity contribution in [2.45, 2.75) is 57.8 Å². The number of esters is 2. The lowest BCUT2D eigenvalue weighted by molar-refractivity contribution is -0.213. The Labute approximate surface area is 169 Å². The Morgan fingerprint density at radius 2 is 1.86 bits per heavy atom. The van der Waals surface area contributed by atoms with Crippen molar-refractivity contribution in [2.75, 3.05) is 13.7 Å². The van der Waals surface area contributed by atoms with Crippen molar-refractivity contribution in [3.8, 4) is 0 Å². The van der Waals surface area contributed by atoms with E-state index >= 15 is 0 Å².